The third kappa shape index (κ3) is 2.97. The highest BCUT2D eigenvalue weighted by Crippen LogP contribution is 2.22. The van der Waals surface area contributed by atoms with Crippen LogP contribution in [0.1, 0.15) is 33.2 Å². The van der Waals surface area contributed by atoms with Crippen molar-refractivity contribution in [1.82, 2.24) is 0 Å². The number of hydrogen-bond acceptors (Lipinski definition) is 3. The van der Waals surface area contributed by atoms with Gasteiger partial charge in [0.2, 0.25) is 0 Å². The van der Waals surface area contributed by atoms with E-state index in [0.29, 0.717) is 11.8 Å². The summed E-state index contributed by atoms with van der Waals surface area (Å²) in [7, 11) is 1.43. The lowest BCUT2D eigenvalue weighted by molar-refractivity contribution is 0.0988. The molecule has 0 amide bonds. The number of hydrogen-bond donors (Lipinski definition) is 0. The summed E-state index contributed by atoms with van der Waals surface area (Å²) in [4.78, 5) is 24.0. The molecule has 0 aliphatic heterocycles. The molecule has 2 rings (SSSR count). The zero-order valence-corrected chi connectivity index (χ0v) is 11.4. The van der Waals surface area contributed by atoms with Gasteiger partial charge in [0, 0.05) is 17.2 Å². The van der Waals surface area contributed by atoms with Crippen LogP contribution < -0.4 is 4.74 Å². The second-order valence-electron chi connectivity index (χ2n) is 4.42. The van der Waals surface area contributed by atoms with Crippen LogP contribution in [-0.4, -0.2) is 18.7 Å². The van der Waals surface area contributed by atoms with Gasteiger partial charge < -0.3 is 4.74 Å². The molecule has 21 heavy (non-hydrogen) atoms. The molecule has 3 nitrogen and oxygen atoms in total. The number of ketones is 2. The summed E-state index contributed by atoms with van der Waals surface area (Å²) in [6.07, 6.45) is 0. The second kappa shape index (κ2) is 5.83. The average Bonchev–Trinajstić information content (AvgIpc) is 2.46. The van der Waals surface area contributed by atoms with Crippen molar-refractivity contribution in [2.45, 2.75) is 6.92 Å². The minimum atomic E-state index is -0.967. The maximum atomic E-state index is 13.7. The fourth-order valence-electron chi connectivity index (χ4n) is 1.96. The molecule has 0 unspecified atom stereocenters. The number of methoxy groups -OCH3 is 1. The molecule has 0 spiro atoms. The van der Waals surface area contributed by atoms with Gasteiger partial charge in [-0.15, -0.1) is 0 Å². The fraction of sp³-hybridized carbons (Fsp3) is 0.125. The Labute approximate surface area is 120 Å². The van der Waals surface area contributed by atoms with E-state index >= 15 is 0 Å². The highest BCUT2D eigenvalue weighted by Gasteiger charge is 2.20. The third-order valence-corrected chi connectivity index (χ3v) is 3.03. The molecule has 0 aliphatic carbocycles. The Hall–Kier alpha value is -2.56. The Bertz CT molecular complexity index is 723. The van der Waals surface area contributed by atoms with E-state index in [1.807, 2.05) is 0 Å². The van der Waals surface area contributed by atoms with Crippen LogP contribution in [-0.2, 0) is 0 Å². The molecule has 108 valence electrons. The molecule has 0 atom stereocenters. The zero-order chi connectivity index (χ0) is 15.6. The number of carbonyl (C=O) groups excluding carboxylic acids is 2. The van der Waals surface area contributed by atoms with Crippen molar-refractivity contribution < 1.29 is 23.1 Å². The van der Waals surface area contributed by atoms with Gasteiger partial charge in [-0.05, 0) is 37.3 Å². The standard InChI is InChI=1S/C16H12F2O3/c1-9(19)14-8-11(21-2)4-6-12(14)16(20)13-5-3-10(17)7-15(13)18/h3-8H,1-2H3. The molecule has 0 saturated carbocycles. The van der Waals surface area contributed by atoms with E-state index in [0.717, 1.165) is 12.1 Å². The van der Waals surface area contributed by atoms with Crippen LogP contribution in [0.2, 0.25) is 0 Å². The van der Waals surface area contributed by atoms with E-state index in [2.05, 4.69) is 0 Å². The molecular formula is C16H12F2O3. The summed E-state index contributed by atoms with van der Waals surface area (Å²) in [5.41, 5.74) is -0.110. The zero-order valence-electron chi connectivity index (χ0n) is 11.4. The number of Topliss-reactive ketones (excluding diaryl/α,β-unsaturated/α-hetero) is 1. The van der Waals surface area contributed by atoms with Crippen molar-refractivity contribution in [3.8, 4) is 5.75 Å². The molecule has 0 heterocycles. The molecule has 0 aliphatic rings. The van der Waals surface area contributed by atoms with Gasteiger partial charge in [0.05, 0.1) is 12.7 Å². The molecule has 0 N–H and O–H groups in total. The highest BCUT2D eigenvalue weighted by molar-refractivity contribution is 6.15. The first-order valence-corrected chi connectivity index (χ1v) is 6.12. The van der Waals surface area contributed by atoms with E-state index in [1.54, 1.807) is 0 Å². The Kier molecular flexibility index (Phi) is 4.12. The van der Waals surface area contributed by atoms with Crippen LogP contribution >= 0.6 is 0 Å². The lowest BCUT2D eigenvalue weighted by Crippen LogP contribution is -2.10. The molecule has 5 heteroatoms. The summed E-state index contributed by atoms with van der Waals surface area (Å²) in [6.45, 7) is 1.30. The van der Waals surface area contributed by atoms with Gasteiger partial charge in [0.25, 0.3) is 0 Å². The van der Waals surface area contributed by atoms with Gasteiger partial charge in [0.15, 0.2) is 11.6 Å². The van der Waals surface area contributed by atoms with Crippen molar-refractivity contribution in [3.63, 3.8) is 0 Å². The van der Waals surface area contributed by atoms with Crippen LogP contribution in [0.5, 0.6) is 5.75 Å². The predicted molar refractivity (Wildman–Crippen MR) is 72.8 cm³/mol. The molecular weight excluding hydrogens is 278 g/mol. The maximum absolute atomic E-state index is 13.7. The SMILES string of the molecule is COc1ccc(C(=O)c2ccc(F)cc2F)c(C(C)=O)c1. The van der Waals surface area contributed by atoms with Gasteiger partial charge in [0.1, 0.15) is 17.4 Å². The smallest absolute Gasteiger partial charge is 0.196 e. The minimum Gasteiger partial charge on any atom is -0.497 e. The van der Waals surface area contributed by atoms with Gasteiger partial charge in [-0.25, -0.2) is 8.78 Å². The van der Waals surface area contributed by atoms with E-state index in [4.69, 9.17) is 4.74 Å². The first kappa shape index (κ1) is 14.8. The van der Waals surface area contributed by atoms with E-state index in [1.165, 1.54) is 32.2 Å². The lowest BCUT2D eigenvalue weighted by atomic mass is 9.96. The van der Waals surface area contributed by atoms with E-state index in [9.17, 15) is 18.4 Å². The van der Waals surface area contributed by atoms with Gasteiger partial charge in [-0.2, -0.15) is 0 Å². The lowest BCUT2D eigenvalue weighted by Gasteiger charge is -2.09. The van der Waals surface area contributed by atoms with Crippen LogP contribution in [0, 0.1) is 11.6 Å². The summed E-state index contributed by atoms with van der Waals surface area (Å²) in [5, 5.41) is 0. The van der Waals surface area contributed by atoms with Gasteiger partial charge in [-0.3, -0.25) is 9.59 Å². The molecule has 0 fully saturated rings. The molecule has 2 aromatic carbocycles. The number of halogens is 2. The normalized spacial score (nSPS) is 10.3. The molecule has 0 saturated heterocycles. The van der Waals surface area contributed by atoms with Gasteiger partial charge in [-0.1, -0.05) is 0 Å². The first-order valence-electron chi connectivity index (χ1n) is 6.12. The largest absolute Gasteiger partial charge is 0.497 e. The molecule has 0 radical (unpaired) electrons. The number of carbonyl (C=O) groups is 2. The summed E-state index contributed by atoms with van der Waals surface area (Å²) < 4.78 is 31.6. The monoisotopic (exact) mass is 290 g/mol. The van der Waals surface area contributed by atoms with Crippen molar-refractivity contribution in [2.24, 2.45) is 0 Å². The van der Waals surface area contributed by atoms with Crippen LogP contribution in [0.15, 0.2) is 36.4 Å². The molecule has 2 aromatic rings. The first-order chi connectivity index (χ1) is 9.93. The van der Waals surface area contributed by atoms with Crippen molar-refractivity contribution in [1.29, 1.82) is 0 Å². The molecule has 0 bridgehead atoms. The Morgan fingerprint density at radius 2 is 1.62 bits per heavy atom. The van der Waals surface area contributed by atoms with Crippen LogP contribution in [0.3, 0.4) is 0 Å². The van der Waals surface area contributed by atoms with E-state index < -0.39 is 17.4 Å². The van der Waals surface area contributed by atoms with Crippen LogP contribution in [0.4, 0.5) is 8.78 Å². The number of ether oxygens (including phenoxy) is 1. The predicted octanol–water partition coefficient (Wildman–Crippen LogP) is 3.41. The summed E-state index contributed by atoms with van der Waals surface area (Å²) in [5.74, 6) is -2.35. The van der Waals surface area contributed by atoms with Crippen molar-refractivity contribution >= 4 is 11.6 Å². The summed E-state index contributed by atoms with van der Waals surface area (Å²) >= 11 is 0. The van der Waals surface area contributed by atoms with Crippen LogP contribution in [0.25, 0.3) is 0 Å². The topological polar surface area (TPSA) is 43.4 Å². The summed E-state index contributed by atoms with van der Waals surface area (Å²) in [6, 6.07) is 6.98. The maximum Gasteiger partial charge on any atom is 0.196 e. The minimum absolute atomic E-state index is 0.0498. The highest BCUT2D eigenvalue weighted by atomic mass is 19.1. The fourth-order valence-corrected chi connectivity index (χ4v) is 1.96. The van der Waals surface area contributed by atoms with Crippen molar-refractivity contribution in [3.05, 3.63) is 64.7 Å². The Morgan fingerprint density at radius 1 is 0.952 bits per heavy atom. The van der Waals surface area contributed by atoms with E-state index in [-0.39, 0.29) is 22.5 Å². The Morgan fingerprint density at radius 3 is 2.19 bits per heavy atom. The number of benzene rings is 2. The van der Waals surface area contributed by atoms with Crippen molar-refractivity contribution in [2.75, 3.05) is 7.11 Å². The Balaban J connectivity index is 2.55. The third-order valence-electron chi connectivity index (χ3n) is 3.03. The second-order valence-corrected chi connectivity index (χ2v) is 4.42. The number of rotatable bonds is 4. The average molecular weight is 290 g/mol. The molecule has 0 aromatic heterocycles. The van der Waals surface area contributed by atoms with Gasteiger partial charge >= 0.3 is 0 Å². The quantitative estimate of drug-likeness (QED) is 0.810.